The van der Waals surface area contributed by atoms with E-state index >= 15 is 0 Å². The summed E-state index contributed by atoms with van der Waals surface area (Å²) in [5.74, 6) is 0.839. The molecular weight excluding hydrogens is 435 g/mol. The Morgan fingerprint density at radius 3 is 2.85 bits per heavy atom. The Labute approximate surface area is 198 Å². The van der Waals surface area contributed by atoms with Crippen molar-refractivity contribution < 1.29 is 13.9 Å². The second kappa shape index (κ2) is 9.90. The van der Waals surface area contributed by atoms with Crippen molar-refractivity contribution in [2.24, 2.45) is 0 Å². The molecule has 8 nitrogen and oxygen atoms in total. The van der Waals surface area contributed by atoms with Gasteiger partial charge in [-0.3, -0.25) is 9.69 Å². The topological polar surface area (TPSA) is 91.4 Å². The van der Waals surface area contributed by atoms with Crippen molar-refractivity contribution in [1.29, 1.82) is 0 Å². The summed E-state index contributed by atoms with van der Waals surface area (Å²) < 4.78 is 20.3. The number of aromatic nitrogens is 2. The molecule has 180 valence electrons. The molecule has 1 aromatic heterocycles. The first-order valence-corrected chi connectivity index (χ1v) is 11.4. The Balaban J connectivity index is 1.73. The van der Waals surface area contributed by atoms with Gasteiger partial charge in [-0.25, -0.2) is 14.4 Å². The van der Waals surface area contributed by atoms with E-state index in [2.05, 4.69) is 30.8 Å². The second-order valence-corrected chi connectivity index (χ2v) is 8.71. The fraction of sp³-hybridized carbons (Fsp3) is 0.400. The molecule has 1 amide bonds. The molecule has 3 aromatic rings. The number of carbonyl (C=O) groups is 1. The first-order valence-electron chi connectivity index (χ1n) is 11.4. The van der Waals surface area contributed by atoms with Gasteiger partial charge >= 0.3 is 0 Å². The molecule has 4 rings (SSSR count). The zero-order valence-electron chi connectivity index (χ0n) is 20.0. The van der Waals surface area contributed by atoms with E-state index in [1.54, 1.807) is 39.3 Å². The van der Waals surface area contributed by atoms with Crippen molar-refractivity contribution in [3.8, 4) is 5.75 Å². The van der Waals surface area contributed by atoms with Gasteiger partial charge in [0.05, 0.1) is 18.3 Å². The number of hydrogen-bond donors (Lipinski definition) is 3. The number of piperidine rings is 1. The van der Waals surface area contributed by atoms with Crippen LogP contribution in [0.1, 0.15) is 24.0 Å². The molecule has 0 spiro atoms. The Bertz CT molecular complexity index is 1200. The van der Waals surface area contributed by atoms with E-state index in [-0.39, 0.29) is 11.7 Å². The molecule has 0 saturated carbocycles. The first-order chi connectivity index (χ1) is 16.4. The summed E-state index contributed by atoms with van der Waals surface area (Å²) in [5.41, 5.74) is 1.80. The average molecular weight is 467 g/mol. The summed E-state index contributed by atoms with van der Waals surface area (Å²) in [6.07, 6.45) is 3.11. The molecule has 0 radical (unpaired) electrons. The van der Waals surface area contributed by atoms with E-state index in [4.69, 9.17) is 4.74 Å². The number of rotatable bonds is 7. The lowest BCUT2D eigenvalue weighted by Gasteiger charge is -2.43. The number of likely N-dealkylation sites (N-methyl/N-ethyl adjacent to an activating group) is 2. The Hall–Kier alpha value is -3.30. The fourth-order valence-corrected chi connectivity index (χ4v) is 4.64. The average Bonchev–Trinajstić information content (AvgIpc) is 2.86. The number of methoxy groups -OCH3 is 1. The molecule has 34 heavy (non-hydrogen) atoms. The third kappa shape index (κ3) is 4.41. The van der Waals surface area contributed by atoms with Gasteiger partial charge in [0.1, 0.15) is 29.3 Å². The molecule has 1 fully saturated rings. The monoisotopic (exact) mass is 466 g/mol. The molecule has 1 atom stereocenters. The van der Waals surface area contributed by atoms with Crippen molar-refractivity contribution >= 4 is 28.3 Å². The van der Waals surface area contributed by atoms with E-state index in [0.717, 1.165) is 30.3 Å². The summed E-state index contributed by atoms with van der Waals surface area (Å²) in [4.78, 5) is 23.7. The van der Waals surface area contributed by atoms with Crippen LogP contribution in [0.3, 0.4) is 0 Å². The van der Waals surface area contributed by atoms with Crippen LogP contribution in [-0.2, 0) is 11.3 Å². The highest BCUT2D eigenvalue weighted by atomic mass is 19.1. The van der Waals surface area contributed by atoms with Gasteiger partial charge in [0.25, 0.3) is 0 Å². The van der Waals surface area contributed by atoms with Crippen molar-refractivity contribution in [2.75, 3.05) is 39.6 Å². The molecule has 1 aliphatic heterocycles. The highest BCUT2D eigenvalue weighted by Crippen LogP contribution is 2.33. The number of ether oxygens (including phenoxy) is 1. The molecule has 2 heterocycles. The molecule has 0 aliphatic carbocycles. The third-order valence-electron chi connectivity index (χ3n) is 6.63. The molecule has 3 N–H and O–H groups in total. The van der Waals surface area contributed by atoms with Crippen LogP contribution in [0.25, 0.3) is 10.9 Å². The van der Waals surface area contributed by atoms with Gasteiger partial charge in [-0.15, -0.1) is 0 Å². The Morgan fingerprint density at radius 1 is 1.32 bits per heavy atom. The van der Waals surface area contributed by atoms with Crippen LogP contribution in [0.15, 0.2) is 36.7 Å². The number of aryl methyl sites for hydroxylation is 1. The van der Waals surface area contributed by atoms with Crippen molar-refractivity contribution in [3.05, 3.63) is 53.6 Å². The van der Waals surface area contributed by atoms with Crippen LogP contribution in [0.4, 0.5) is 15.9 Å². The van der Waals surface area contributed by atoms with E-state index in [1.165, 1.54) is 6.33 Å². The van der Waals surface area contributed by atoms with Gasteiger partial charge in [0.15, 0.2) is 0 Å². The van der Waals surface area contributed by atoms with Gasteiger partial charge in [-0.05, 0) is 51.1 Å². The highest BCUT2D eigenvalue weighted by molar-refractivity contribution is 5.92. The van der Waals surface area contributed by atoms with Crippen LogP contribution in [-0.4, -0.2) is 60.6 Å². The van der Waals surface area contributed by atoms with Gasteiger partial charge < -0.3 is 20.7 Å². The summed E-state index contributed by atoms with van der Waals surface area (Å²) in [6, 6.07) is 9.00. The molecule has 1 aliphatic rings. The minimum absolute atomic E-state index is 0.0115. The molecule has 1 saturated heterocycles. The molecule has 2 aromatic carbocycles. The number of amides is 1. The molecule has 9 heteroatoms. The number of benzene rings is 2. The first kappa shape index (κ1) is 23.8. The summed E-state index contributed by atoms with van der Waals surface area (Å²) in [7, 11) is 5.24. The van der Waals surface area contributed by atoms with Crippen molar-refractivity contribution in [3.63, 3.8) is 0 Å². The van der Waals surface area contributed by atoms with Crippen LogP contribution in [0.5, 0.6) is 5.75 Å². The van der Waals surface area contributed by atoms with Crippen LogP contribution in [0.2, 0.25) is 0 Å². The van der Waals surface area contributed by atoms with Gasteiger partial charge in [-0.2, -0.15) is 0 Å². The SMILES string of the molecule is CNC(=O)C1(N(C)Cc2cc3c(Nc4cccc(C)c4F)ncnc3cc2OC)CCCNC1. The third-order valence-corrected chi connectivity index (χ3v) is 6.63. The maximum absolute atomic E-state index is 14.6. The highest BCUT2D eigenvalue weighted by Gasteiger charge is 2.42. The van der Waals surface area contributed by atoms with Crippen molar-refractivity contribution in [1.82, 2.24) is 25.5 Å². The number of nitrogens with zero attached hydrogens (tertiary/aromatic N) is 3. The van der Waals surface area contributed by atoms with E-state index in [0.29, 0.717) is 41.4 Å². The number of carbonyl (C=O) groups excluding carboxylic acids is 1. The smallest absolute Gasteiger partial charge is 0.241 e. The minimum Gasteiger partial charge on any atom is -0.496 e. The lowest BCUT2D eigenvalue weighted by Crippen LogP contribution is -2.63. The zero-order chi connectivity index (χ0) is 24.3. The number of halogens is 1. The van der Waals surface area contributed by atoms with E-state index < -0.39 is 5.54 Å². The van der Waals surface area contributed by atoms with Crippen molar-refractivity contribution in [2.45, 2.75) is 31.8 Å². The number of hydrogen-bond acceptors (Lipinski definition) is 7. The summed E-state index contributed by atoms with van der Waals surface area (Å²) >= 11 is 0. The Morgan fingerprint density at radius 2 is 2.15 bits per heavy atom. The molecular formula is C25H31FN6O2. The van der Waals surface area contributed by atoms with Crippen LogP contribution in [0, 0.1) is 12.7 Å². The normalized spacial score (nSPS) is 18.2. The number of fused-ring (bicyclic) bond motifs is 1. The predicted molar refractivity (Wildman–Crippen MR) is 131 cm³/mol. The second-order valence-electron chi connectivity index (χ2n) is 8.71. The zero-order valence-corrected chi connectivity index (χ0v) is 20.0. The summed E-state index contributed by atoms with van der Waals surface area (Å²) in [5, 5.41) is 10.0. The van der Waals surface area contributed by atoms with Gasteiger partial charge in [0.2, 0.25) is 5.91 Å². The number of nitrogens with one attached hydrogen (secondary N) is 3. The minimum atomic E-state index is -0.661. The van der Waals surface area contributed by atoms with Gasteiger partial charge in [0, 0.05) is 37.2 Å². The largest absolute Gasteiger partial charge is 0.496 e. The standard InChI is InChI=1S/C25H31FN6O2/c1-16-7-5-8-19(22(16)26)31-23-18-11-17(21(34-4)12-20(18)29-15-30-23)13-32(3)25(24(33)27-2)9-6-10-28-14-25/h5,7-8,11-12,15,28H,6,9-10,13-14H2,1-4H3,(H,27,33)(H,29,30,31). The molecule has 0 bridgehead atoms. The van der Waals surface area contributed by atoms with Crippen LogP contribution < -0.4 is 20.7 Å². The lowest BCUT2D eigenvalue weighted by atomic mass is 9.87. The van der Waals surface area contributed by atoms with Gasteiger partial charge in [-0.1, -0.05) is 12.1 Å². The summed E-state index contributed by atoms with van der Waals surface area (Å²) in [6.45, 7) is 3.66. The van der Waals surface area contributed by atoms with E-state index in [1.807, 2.05) is 19.2 Å². The predicted octanol–water partition coefficient (Wildman–Crippen LogP) is 3.13. The Kier molecular flexibility index (Phi) is 6.95. The van der Waals surface area contributed by atoms with Crippen LogP contribution >= 0.6 is 0 Å². The molecule has 1 unspecified atom stereocenters. The maximum Gasteiger partial charge on any atom is 0.241 e. The number of anilines is 2. The quantitative estimate of drug-likeness (QED) is 0.493. The lowest BCUT2D eigenvalue weighted by molar-refractivity contribution is -0.134. The fourth-order valence-electron chi connectivity index (χ4n) is 4.64. The maximum atomic E-state index is 14.6. The van der Waals surface area contributed by atoms with E-state index in [9.17, 15) is 9.18 Å².